The molecule has 15 heteroatoms. The van der Waals surface area contributed by atoms with Crippen LogP contribution in [0.5, 0.6) is 5.75 Å². The van der Waals surface area contributed by atoms with Gasteiger partial charge < -0.3 is 9.30 Å². The van der Waals surface area contributed by atoms with Crippen LogP contribution in [0.2, 0.25) is 0 Å². The van der Waals surface area contributed by atoms with E-state index < -0.39 is 5.60 Å². The number of thiophene rings is 4. The van der Waals surface area contributed by atoms with E-state index in [2.05, 4.69) is 17.0 Å². The minimum atomic E-state index is -0.460. The van der Waals surface area contributed by atoms with Crippen molar-refractivity contribution in [2.45, 2.75) is 64.6 Å². The molecule has 1 aliphatic heterocycles. The van der Waals surface area contributed by atoms with Gasteiger partial charge >= 0.3 is 0 Å². The van der Waals surface area contributed by atoms with Crippen LogP contribution in [0.4, 0.5) is 0 Å². The number of nitrogens with zero attached hydrogens (tertiary/aromatic N) is 6. The Labute approximate surface area is 314 Å². The predicted octanol–water partition coefficient (Wildman–Crippen LogP) is 6.35. The van der Waals surface area contributed by atoms with Crippen LogP contribution in [0.1, 0.15) is 61.3 Å². The van der Waals surface area contributed by atoms with Gasteiger partial charge in [0.15, 0.2) is 11.3 Å². The Morgan fingerprint density at radius 1 is 0.824 bits per heavy atom. The van der Waals surface area contributed by atoms with Gasteiger partial charge in [0.05, 0.1) is 45.6 Å². The first-order chi connectivity index (χ1) is 24.8. The van der Waals surface area contributed by atoms with E-state index in [9.17, 15) is 25.4 Å². The first-order valence-corrected chi connectivity index (χ1v) is 21.0. The highest BCUT2D eigenvalue weighted by Gasteiger charge is 2.46. The molecule has 0 atom stereocenters. The molecule has 0 saturated heterocycles. The molecule has 0 bridgehead atoms. The SMILES string of the molecule is [C-]#[N+]/C(C#N)=c1/s/c(=C\c2cc3sc4c(c3s2)C2(CCCCC2)Oc2c-4sc3cc(/C=c4/sc(=C(C#N)C#N)n(CC)c4=O)sc23)c(=O)n1CC. The lowest BCUT2D eigenvalue weighted by Gasteiger charge is -2.40. The molecule has 7 heterocycles. The number of nitriles is 3. The van der Waals surface area contributed by atoms with Crippen molar-refractivity contribution in [2.24, 2.45) is 0 Å². The van der Waals surface area contributed by atoms with Gasteiger partial charge in [-0.3, -0.25) is 14.2 Å². The summed E-state index contributed by atoms with van der Waals surface area (Å²) in [6.07, 6.45) is 8.85. The maximum absolute atomic E-state index is 13.3. The molecule has 9 nitrogen and oxygen atoms in total. The summed E-state index contributed by atoms with van der Waals surface area (Å²) in [5.41, 5.74) is 0.255. The second-order valence-corrected chi connectivity index (χ2v) is 18.3. The molecule has 8 rings (SSSR count). The van der Waals surface area contributed by atoms with Crippen molar-refractivity contribution in [2.75, 3.05) is 0 Å². The molecule has 1 saturated carbocycles. The second kappa shape index (κ2) is 12.9. The zero-order valence-corrected chi connectivity index (χ0v) is 32.0. The number of hydrogen-bond acceptors (Lipinski definition) is 12. The van der Waals surface area contributed by atoms with Crippen molar-refractivity contribution in [3.63, 3.8) is 0 Å². The number of thiazole rings is 2. The second-order valence-electron chi connectivity index (χ2n) is 12.0. The van der Waals surface area contributed by atoms with Gasteiger partial charge in [-0.1, -0.05) is 6.42 Å². The van der Waals surface area contributed by atoms with Crippen LogP contribution in [-0.2, 0) is 18.7 Å². The van der Waals surface area contributed by atoms with E-state index in [1.165, 1.54) is 46.9 Å². The highest BCUT2D eigenvalue weighted by molar-refractivity contribution is 7.35. The van der Waals surface area contributed by atoms with Crippen LogP contribution in [0.15, 0.2) is 21.7 Å². The Morgan fingerprint density at radius 2 is 1.39 bits per heavy atom. The van der Waals surface area contributed by atoms with E-state index in [1.807, 2.05) is 44.2 Å². The number of ether oxygens (including phenoxy) is 1. The zero-order valence-electron chi connectivity index (χ0n) is 27.1. The summed E-state index contributed by atoms with van der Waals surface area (Å²) in [6, 6.07) is 10.0. The molecule has 0 aromatic carbocycles. The van der Waals surface area contributed by atoms with Gasteiger partial charge in [-0.15, -0.1) is 68.0 Å². The van der Waals surface area contributed by atoms with Gasteiger partial charge in [0.25, 0.3) is 16.8 Å². The van der Waals surface area contributed by atoms with E-state index in [0.29, 0.717) is 31.5 Å². The van der Waals surface area contributed by atoms with Crippen molar-refractivity contribution in [1.82, 2.24) is 9.13 Å². The first-order valence-electron chi connectivity index (χ1n) is 16.1. The maximum Gasteiger partial charge on any atom is 0.294 e. The van der Waals surface area contributed by atoms with Crippen LogP contribution >= 0.6 is 68.0 Å². The normalized spacial score (nSPS) is 16.0. The lowest BCUT2D eigenvalue weighted by molar-refractivity contribution is 0.0282. The van der Waals surface area contributed by atoms with Gasteiger partial charge in [-0.2, -0.15) is 10.5 Å². The molecule has 0 amide bonds. The Kier molecular flexibility index (Phi) is 8.47. The third-order valence-electron chi connectivity index (χ3n) is 9.20. The maximum atomic E-state index is 13.3. The van der Waals surface area contributed by atoms with Crippen LogP contribution in [0.3, 0.4) is 0 Å². The Hall–Kier alpha value is -4.58. The highest BCUT2D eigenvalue weighted by Crippen LogP contribution is 2.62. The summed E-state index contributed by atoms with van der Waals surface area (Å²) in [5.74, 6) is 0.910. The summed E-state index contributed by atoms with van der Waals surface area (Å²) in [6.45, 7) is 11.8. The predicted molar refractivity (Wildman–Crippen MR) is 208 cm³/mol. The average molecular weight is 781 g/mol. The molecule has 0 N–H and O–H groups in total. The van der Waals surface area contributed by atoms with Gasteiger partial charge in [0.2, 0.25) is 0 Å². The standard InChI is InChI=1S/C36H24N6O3S6/c1-4-41-32(43)24(50-34(41)18(15-37)16-38)14-20-12-23-29(47-20)27-31(49-23)30-26(36(45-27)9-7-6-8-10-36)28-22(48-30)11-19(46-28)13-25-33(44)42(5-2)35(51-25)21(17-39)40-3/h11-14H,4-10H2,1-2H3/b24-14+,25-13-,35-21+. The molecule has 1 fully saturated rings. The Morgan fingerprint density at radius 3 is 1.98 bits per heavy atom. The molecule has 2 aliphatic rings. The number of hydrogen-bond donors (Lipinski definition) is 0. The van der Waals surface area contributed by atoms with Crippen molar-refractivity contribution in [1.29, 1.82) is 15.8 Å². The third kappa shape index (κ3) is 5.19. The Bertz CT molecular complexity index is 2980. The molecule has 1 spiro atoms. The van der Waals surface area contributed by atoms with E-state index in [-0.39, 0.29) is 22.4 Å². The minimum Gasteiger partial charge on any atom is -0.479 e. The van der Waals surface area contributed by atoms with Crippen LogP contribution in [0.25, 0.3) is 56.8 Å². The molecular formula is C36H24N6O3S6. The summed E-state index contributed by atoms with van der Waals surface area (Å²) < 4.78 is 16.4. The zero-order chi connectivity index (χ0) is 35.6. The number of fused-ring (bicyclic) bond motifs is 8. The molecule has 51 heavy (non-hydrogen) atoms. The van der Waals surface area contributed by atoms with Crippen molar-refractivity contribution < 1.29 is 4.74 Å². The van der Waals surface area contributed by atoms with E-state index in [0.717, 1.165) is 66.6 Å². The van der Waals surface area contributed by atoms with Crippen molar-refractivity contribution >= 4 is 110 Å². The van der Waals surface area contributed by atoms with Gasteiger partial charge in [0.1, 0.15) is 27.1 Å². The molecule has 252 valence electrons. The van der Waals surface area contributed by atoms with Gasteiger partial charge in [-0.05, 0) is 63.8 Å². The molecule has 6 aromatic rings. The van der Waals surface area contributed by atoms with Gasteiger partial charge in [-0.25, -0.2) is 10.1 Å². The quantitative estimate of drug-likeness (QED) is 0.192. The number of aromatic nitrogens is 2. The van der Waals surface area contributed by atoms with Crippen LogP contribution < -0.4 is 34.2 Å². The first kappa shape index (κ1) is 33.6. The van der Waals surface area contributed by atoms with Gasteiger partial charge in [0, 0.05) is 33.1 Å². The fraction of sp³-hybridized carbons (Fsp3) is 0.278. The lowest BCUT2D eigenvalue weighted by atomic mass is 9.78. The number of rotatable bonds is 4. The molecule has 6 aromatic heterocycles. The molecule has 1 aliphatic carbocycles. The molecule has 0 unspecified atom stereocenters. The summed E-state index contributed by atoms with van der Waals surface area (Å²) >= 11 is 9.08. The molecule has 0 radical (unpaired) electrons. The average Bonchev–Trinajstić information content (AvgIpc) is 3.96. The van der Waals surface area contributed by atoms with Crippen molar-refractivity contribution in [3.8, 4) is 33.7 Å². The summed E-state index contributed by atoms with van der Waals surface area (Å²) in [4.78, 5) is 34.1. The highest BCUT2D eigenvalue weighted by atomic mass is 32.1. The smallest absolute Gasteiger partial charge is 0.294 e. The van der Waals surface area contributed by atoms with Crippen LogP contribution in [-0.4, -0.2) is 9.13 Å². The summed E-state index contributed by atoms with van der Waals surface area (Å²) in [5, 5.41) is 28.4. The van der Waals surface area contributed by atoms with E-state index in [1.54, 1.807) is 45.3 Å². The summed E-state index contributed by atoms with van der Waals surface area (Å²) in [7, 11) is 0. The third-order valence-corrected chi connectivity index (χ3v) is 16.3. The van der Waals surface area contributed by atoms with E-state index >= 15 is 0 Å². The topological polar surface area (TPSA) is 129 Å². The fourth-order valence-electron chi connectivity index (χ4n) is 6.95. The minimum absolute atomic E-state index is 0.0624. The molecular weight excluding hydrogens is 757 g/mol. The largest absolute Gasteiger partial charge is 0.479 e. The lowest BCUT2D eigenvalue weighted by Crippen LogP contribution is -2.37. The fourth-order valence-corrected chi connectivity index (χ4v) is 14.7. The van der Waals surface area contributed by atoms with E-state index in [4.69, 9.17) is 11.3 Å². The Balaban J connectivity index is 1.27. The van der Waals surface area contributed by atoms with Crippen LogP contribution in [0, 0.1) is 40.6 Å². The van der Waals surface area contributed by atoms with Crippen molar-refractivity contribution in [3.05, 3.63) is 78.0 Å². The monoisotopic (exact) mass is 780 g/mol.